The number of rotatable bonds is 5. The fourth-order valence-corrected chi connectivity index (χ4v) is 7.65. The van der Waals surface area contributed by atoms with Crippen molar-refractivity contribution in [1.82, 2.24) is 14.8 Å². The van der Waals surface area contributed by atoms with E-state index in [0.29, 0.717) is 49.0 Å². The van der Waals surface area contributed by atoms with Crippen molar-refractivity contribution in [2.75, 3.05) is 33.3 Å². The lowest BCUT2D eigenvalue weighted by molar-refractivity contribution is -0.160. The highest BCUT2D eigenvalue weighted by Gasteiger charge is 2.55. The molecule has 0 spiro atoms. The number of aromatic amines is 1. The zero-order valence-electron chi connectivity index (χ0n) is 20.4. The van der Waals surface area contributed by atoms with Crippen molar-refractivity contribution >= 4 is 23.6 Å². The van der Waals surface area contributed by atoms with Gasteiger partial charge in [-0.3, -0.25) is 14.4 Å². The molecule has 8 heteroatoms. The fraction of sp³-hybridized carbons (Fsp3) is 0.692. The van der Waals surface area contributed by atoms with Crippen LogP contribution in [-0.2, 0) is 20.7 Å². The number of hydrogen-bond donors (Lipinski definition) is 1. The number of nitrogens with one attached hydrogen (secondary N) is 1. The van der Waals surface area contributed by atoms with E-state index in [1.165, 1.54) is 33.3 Å². The highest BCUT2D eigenvalue weighted by molar-refractivity contribution is 6.01. The largest absolute Gasteiger partial charge is 0.465 e. The molecule has 2 heterocycles. The molecule has 4 aliphatic carbocycles. The van der Waals surface area contributed by atoms with Crippen molar-refractivity contribution < 1.29 is 23.9 Å². The zero-order valence-corrected chi connectivity index (χ0v) is 20.4. The summed E-state index contributed by atoms with van der Waals surface area (Å²) in [5.41, 5.74) is 1.35. The number of ketones is 1. The monoisotopic (exact) mass is 469 g/mol. The Balaban J connectivity index is 1.23. The van der Waals surface area contributed by atoms with Crippen molar-refractivity contribution in [1.29, 1.82) is 0 Å². The molecule has 8 nitrogen and oxygen atoms in total. The molecule has 1 saturated heterocycles. The summed E-state index contributed by atoms with van der Waals surface area (Å²) in [6.07, 6.45) is 7.08. The number of aromatic nitrogens is 1. The van der Waals surface area contributed by atoms with Crippen LogP contribution < -0.4 is 0 Å². The van der Waals surface area contributed by atoms with Crippen LogP contribution in [0.4, 0.5) is 0 Å². The summed E-state index contributed by atoms with van der Waals surface area (Å²) in [6.45, 7) is 5.19. The van der Waals surface area contributed by atoms with Crippen LogP contribution in [0, 0.1) is 30.1 Å². The number of ether oxygens (including phenoxy) is 1. The third-order valence-electron chi connectivity index (χ3n) is 8.81. The number of carbonyl (C=O) groups is 4. The van der Waals surface area contributed by atoms with Gasteiger partial charge in [0.05, 0.1) is 30.2 Å². The van der Waals surface area contributed by atoms with E-state index in [-0.39, 0.29) is 29.1 Å². The summed E-state index contributed by atoms with van der Waals surface area (Å²) < 4.78 is 4.88. The van der Waals surface area contributed by atoms with Crippen LogP contribution in [-0.4, -0.2) is 71.6 Å². The number of carbonyl (C=O) groups excluding carboxylic acids is 4. The molecule has 1 aromatic rings. The van der Waals surface area contributed by atoms with Crippen LogP contribution in [0.5, 0.6) is 0 Å². The van der Waals surface area contributed by atoms with Gasteiger partial charge in [0.25, 0.3) is 0 Å². The molecule has 34 heavy (non-hydrogen) atoms. The summed E-state index contributed by atoms with van der Waals surface area (Å²) in [4.78, 5) is 57.7. The third-order valence-corrected chi connectivity index (χ3v) is 8.81. The third kappa shape index (κ3) is 3.85. The predicted octanol–water partition coefficient (Wildman–Crippen LogP) is 2.74. The van der Waals surface area contributed by atoms with E-state index in [0.717, 1.165) is 37.0 Å². The Morgan fingerprint density at radius 1 is 0.941 bits per heavy atom. The van der Waals surface area contributed by atoms with Gasteiger partial charge in [0.1, 0.15) is 0 Å². The van der Waals surface area contributed by atoms with Gasteiger partial charge in [-0.05, 0) is 68.8 Å². The van der Waals surface area contributed by atoms with Gasteiger partial charge in [-0.1, -0.05) is 0 Å². The maximum absolute atomic E-state index is 13.6. The van der Waals surface area contributed by atoms with Gasteiger partial charge in [0.15, 0.2) is 5.78 Å². The van der Waals surface area contributed by atoms with Crippen molar-refractivity contribution in [3.05, 3.63) is 22.5 Å². The van der Waals surface area contributed by atoms with E-state index in [9.17, 15) is 19.2 Å². The number of piperazine rings is 1. The second-order valence-electron chi connectivity index (χ2n) is 11.1. The molecular formula is C26H35N3O5. The minimum atomic E-state index is -0.560. The Hall–Kier alpha value is -2.64. The minimum absolute atomic E-state index is 0.0124. The number of methoxy groups -OCH3 is 1. The average molecular weight is 470 g/mol. The molecule has 4 saturated carbocycles. The lowest BCUT2D eigenvalue weighted by atomic mass is 9.49. The van der Waals surface area contributed by atoms with E-state index in [4.69, 9.17) is 4.74 Å². The topological polar surface area (TPSA) is 99.8 Å². The van der Waals surface area contributed by atoms with Gasteiger partial charge in [-0.25, -0.2) is 4.79 Å². The molecule has 5 fully saturated rings. The second-order valence-corrected chi connectivity index (χ2v) is 11.1. The highest BCUT2D eigenvalue weighted by Crippen LogP contribution is 2.60. The van der Waals surface area contributed by atoms with E-state index in [2.05, 4.69) is 4.98 Å². The molecule has 1 aliphatic heterocycles. The predicted molar refractivity (Wildman–Crippen MR) is 124 cm³/mol. The Morgan fingerprint density at radius 2 is 1.47 bits per heavy atom. The summed E-state index contributed by atoms with van der Waals surface area (Å²) in [7, 11) is 1.29. The summed E-state index contributed by atoms with van der Waals surface area (Å²) in [6, 6.07) is 0. The molecule has 0 atom stereocenters. The Bertz CT molecular complexity index is 998. The summed E-state index contributed by atoms with van der Waals surface area (Å²) in [5.74, 6) is 1.62. The van der Waals surface area contributed by atoms with E-state index < -0.39 is 5.97 Å². The maximum Gasteiger partial charge on any atom is 0.339 e. The van der Waals surface area contributed by atoms with Gasteiger partial charge in [-0.15, -0.1) is 0 Å². The normalized spacial score (nSPS) is 29.9. The highest BCUT2D eigenvalue weighted by atomic mass is 16.5. The SMILES string of the molecule is COC(=O)c1c(CC(=O)N2CCN(C(=O)C34CC5CC(CC(C5)C3)C4)CC2)[nH]c(C(C)=O)c1C. The van der Waals surface area contributed by atoms with Gasteiger partial charge >= 0.3 is 5.97 Å². The molecular weight excluding hydrogens is 434 g/mol. The molecule has 0 radical (unpaired) electrons. The number of hydrogen-bond acceptors (Lipinski definition) is 5. The van der Waals surface area contributed by atoms with Crippen LogP contribution in [0.1, 0.15) is 77.6 Å². The Kier molecular flexibility index (Phi) is 5.81. The van der Waals surface area contributed by atoms with Crippen molar-refractivity contribution in [3.8, 4) is 0 Å². The first-order chi connectivity index (χ1) is 16.2. The number of amides is 2. The molecule has 1 aromatic heterocycles. The van der Waals surface area contributed by atoms with E-state index in [1.54, 1.807) is 11.8 Å². The molecule has 5 aliphatic rings. The van der Waals surface area contributed by atoms with Crippen LogP contribution in [0.15, 0.2) is 0 Å². The minimum Gasteiger partial charge on any atom is -0.465 e. The molecule has 6 rings (SSSR count). The van der Waals surface area contributed by atoms with Gasteiger partial charge < -0.3 is 19.5 Å². The van der Waals surface area contributed by atoms with Gasteiger partial charge in [-0.2, -0.15) is 0 Å². The molecule has 0 unspecified atom stereocenters. The molecule has 184 valence electrons. The van der Waals surface area contributed by atoms with Crippen molar-refractivity contribution in [3.63, 3.8) is 0 Å². The van der Waals surface area contributed by atoms with E-state index >= 15 is 0 Å². The van der Waals surface area contributed by atoms with Crippen LogP contribution in [0.25, 0.3) is 0 Å². The van der Waals surface area contributed by atoms with Gasteiger partial charge in [0, 0.05) is 38.8 Å². The molecule has 2 amide bonds. The maximum atomic E-state index is 13.6. The van der Waals surface area contributed by atoms with Crippen LogP contribution in [0.2, 0.25) is 0 Å². The standard InChI is InChI=1S/C26H35N3O5/c1-15-22(24(32)34-3)20(27-23(15)16(2)30)11-21(31)28-4-6-29(7-5-28)25(33)26-12-17-8-18(13-26)10-19(9-17)14-26/h17-19,27H,4-14H2,1-3H3. The smallest absolute Gasteiger partial charge is 0.339 e. The van der Waals surface area contributed by atoms with Crippen LogP contribution in [0.3, 0.4) is 0 Å². The number of Topliss-reactive ketones (excluding diaryl/α,β-unsaturated/α-hetero) is 1. The summed E-state index contributed by atoms with van der Waals surface area (Å²) in [5, 5.41) is 0. The number of nitrogens with zero attached hydrogens (tertiary/aromatic N) is 2. The zero-order chi connectivity index (χ0) is 24.2. The summed E-state index contributed by atoms with van der Waals surface area (Å²) >= 11 is 0. The lowest BCUT2D eigenvalue weighted by Gasteiger charge is -2.57. The lowest BCUT2D eigenvalue weighted by Crippen LogP contribution is -2.58. The quantitative estimate of drug-likeness (QED) is 0.528. The van der Waals surface area contributed by atoms with Crippen molar-refractivity contribution in [2.24, 2.45) is 23.2 Å². The molecule has 4 bridgehead atoms. The number of H-pyrrole nitrogens is 1. The number of esters is 1. The fourth-order valence-electron chi connectivity index (χ4n) is 7.65. The van der Waals surface area contributed by atoms with E-state index in [1.807, 2.05) is 4.90 Å². The van der Waals surface area contributed by atoms with Gasteiger partial charge in [0.2, 0.25) is 11.8 Å². The Morgan fingerprint density at radius 3 is 1.97 bits per heavy atom. The first-order valence-corrected chi connectivity index (χ1v) is 12.6. The molecule has 0 aromatic carbocycles. The first kappa shape index (κ1) is 23.1. The van der Waals surface area contributed by atoms with Crippen molar-refractivity contribution in [2.45, 2.75) is 58.8 Å². The molecule has 1 N–H and O–H groups in total. The van der Waals surface area contributed by atoms with Crippen LogP contribution >= 0.6 is 0 Å². The Labute approximate surface area is 200 Å². The second kappa shape index (κ2) is 8.54. The average Bonchev–Trinajstić information content (AvgIpc) is 3.13. The first-order valence-electron chi connectivity index (χ1n) is 12.6.